The molecule has 0 saturated carbocycles. The van der Waals surface area contributed by atoms with Crippen molar-refractivity contribution in [3.05, 3.63) is 57.9 Å². The smallest absolute Gasteiger partial charge is 0.269 e. The molecule has 2 atom stereocenters. The third-order valence-corrected chi connectivity index (χ3v) is 3.74. The summed E-state index contributed by atoms with van der Waals surface area (Å²) in [5.41, 5.74) is 0.852. The first-order valence-electron chi connectivity index (χ1n) is 6.40. The fraction of sp³-hybridized carbons (Fsp3) is 0.267. The van der Waals surface area contributed by atoms with Gasteiger partial charge in [0.1, 0.15) is 11.7 Å². The Hall–Kier alpha value is -2.47. The quantitative estimate of drug-likeness (QED) is 0.629. The van der Waals surface area contributed by atoms with Crippen LogP contribution in [-0.2, 0) is 14.3 Å². The Bertz CT molecular complexity index is 689. The maximum Gasteiger partial charge on any atom is 0.269 e. The Balaban J connectivity index is 2.02. The van der Waals surface area contributed by atoms with Gasteiger partial charge in [0.15, 0.2) is 5.76 Å². The maximum atomic E-state index is 12.0. The predicted octanol–water partition coefficient (Wildman–Crippen LogP) is 2.25. The molecule has 3 rings (SSSR count). The molecule has 1 aromatic carbocycles. The van der Waals surface area contributed by atoms with E-state index in [1.807, 2.05) is 6.92 Å². The normalized spacial score (nSPS) is 27.1. The molecular weight excluding hydrogens is 274 g/mol. The molecule has 0 radical (unpaired) electrons. The summed E-state index contributed by atoms with van der Waals surface area (Å²) >= 11 is 0. The van der Waals surface area contributed by atoms with E-state index in [0.717, 1.165) is 11.1 Å². The largest absolute Gasteiger partial charge is 0.493 e. The van der Waals surface area contributed by atoms with Crippen LogP contribution in [0, 0.1) is 10.1 Å². The van der Waals surface area contributed by atoms with Crippen molar-refractivity contribution in [2.75, 3.05) is 7.11 Å². The van der Waals surface area contributed by atoms with E-state index >= 15 is 0 Å². The summed E-state index contributed by atoms with van der Waals surface area (Å²) in [5, 5.41) is 10.7. The summed E-state index contributed by atoms with van der Waals surface area (Å²) in [6.07, 6.45) is 2.72. The van der Waals surface area contributed by atoms with Crippen LogP contribution in [0.15, 0.2) is 42.2 Å². The molecule has 6 nitrogen and oxygen atoms in total. The number of fused-ring (bicyclic) bond motifs is 2. The molecule has 0 aliphatic carbocycles. The highest BCUT2D eigenvalue weighted by atomic mass is 16.6. The Morgan fingerprint density at radius 3 is 2.57 bits per heavy atom. The monoisotopic (exact) mass is 287 g/mol. The van der Waals surface area contributed by atoms with Crippen molar-refractivity contribution in [1.29, 1.82) is 0 Å². The Morgan fingerprint density at radius 2 is 2.00 bits per heavy atom. The van der Waals surface area contributed by atoms with E-state index < -0.39 is 16.6 Å². The Morgan fingerprint density at radius 1 is 1.33 bits per heavy atom. The topological polar surface area (TPSA) is 78.7 Å². The van der Waals surface area contributed by atoms with Gasteiger partial charge >= 0.3 is 0 Å². The number of carbonyl (C=O) groups excluding carboxylic acids is 1. The SMILES string of the molecule is COC1=CC2(C)OC(C=C2c2ccc([N+](=O)[O-])cc2)C1=O. The number of non-ortho nitro benzene ring substituents is 1. The number of hydrogen-bond acceptors (Lipinski definition) is 5. The van der Waals surface area contributed by atoms with E-state index in [2.05, 4.69) is 0 Å². The predicted molar refractivity (Wildman–Crippen MR) is 74.5 cm³/mol. The standard InChI is InChI=1S/C15H13NO5/c1-15-8-13(20-2)14(17)12(21-15)7-11(15)9-3-5-10(6-4-9)16(18)19/h3-8,12H,1-2H3. The summed E-state index contributed by atoms with van der Waals surface area (Å²) in [7, 11) is 1.45. The number of ketones is 1. The fourth-order valence-corrected chi connectivity index (χ4v) is 2.69. The van der Waals surface area contributed by atoms with E-state index in [-0.39, 0.29) is 17.2 Å². The summed E-state index contributed by atoms with van der Waals surface area (Å²) in [6, 6.07) is 6.18. The second-order valence-corrected chi connectivity index (χ2v) is 5.11. The average Bonchev–Trinajstić information content (AvgIpc) is 2.77. The highest BCUT2D eigenvalue weighted by Gasteiger charge is 2.46. The van der Waals surface area contributed by atoms with Gasteiger partial charge in [-0.3, -0.25) is 14.9 Å². The van der Waals surface area contributed by atoms with Crippen LogP contribution in [0.2, 0.25) is 0 Å². The zero-order valence-electron chi connectivity index (χ0n) is 11.5. The second-order valence-electron chi connectivity index (χ2n) is 5.11. The van der Waals surface area contributed by atoms with Crippen molar-refractivity contribution < 1.29 is 19.2 Å². The molecular formula is C15H13NO5. The first kappa shape index (κ1) is 13.5. The zero-order valence-corrected chi connectivity index (χ0v) is 11.5. The third kappa shape index (κ3) is 2.04. The van der Waals surface area contributed by atoms with Gasteiger partial charge in [0.2, 0.25) is 5.78 Å². The van der Waals surface area contributed by atoms with Crippen molar-refractivity contribution in [2.45, 2.75) is 18.6 Å². The van der Waals surface area contributed by atoms with Gasteiger partial charge in [-0.1, -0.05) is 0 Å². The van der Waals surface area contributed by atoms with Crippen LogP contribution in [-0.4, -0.2) is 29.5 Å². The van der Waals surface area contributed by atoms with Gasteiger partial charge in [0.25, 0.3) is 5.69 Å². The summed E-state index contributed by atoms with van der Waals surface area (Å²) in [6.45, 7) is 1.84. The number of nitro benzene ring substituents is 1. The Kier molecular flexibility index (Phi) is 2.91. The number of Topliss-reactive ketones (excluding diaryl/α,β-unsaturated/α-hetero) is 1. The lowest BCUT2D eigenvalue weighted by Gasteiger charge is -2.29. The number of rotatable bonds is 3. The average molecular weight is 287 g/mol. The molecule has 6 heteroatoms. The number of carbonyl (C=O) groups is 1. The number of methoxy groups -OCH3 is 1. The molecule has 0 fully saturated rings. The molecule has 21 heavy (non-hydrogen) atoms. The summed E-state index contributed by atoms with van der Waals surface area (Å²) in [5.74, 6) is 0.0637. The highest BCUT2D eigenvalue weighted by molar-refractivity contribution is 6.03. The van der Waals surface area contributed by atoms with Crippen LogP contribution >= 0.6 is 0 Å². The molecule has 0 N–H and O–H groups in total. The number of nitrogens with zero attached hydrogens (tertiary/aromatic N) is 1. The molecule has 1 aromatic rings. The molecule has 0 spiro atoms. The number of ether oxygens (including phenoxy) is 2. The molecule has 2 bridgehead atoms. The van der Waals surface area contributed by atoms with Crippen molar-refractivity contribution >= 4 is 17.0 Å². The van der Waals surface area contributed by atoms with Gasteiger partial charge in [0, 0.05) is 12.1 Å². The van der Waals surface area contributed by atoms with Crippen molar-refractivity contribution in [3.8, 4) is 0 Å². The van der Waals surface area contributed by atoms with Crippen LogP contribution < -0.4 is 0 Å². The summed E-state index contributed by atoms with van der Waals surface area (Å²) < 4.78 is 10.8. The van der Waals surface area contributed by atoms with E-state index in [1.165, 1.54) is 19.2 Å². The van der Waals surface area contributed by atoms with Gasteiger partial charge in [-0.15, -0.1) is 0 Å². The van der Waals surface area contributed by atoms with Crippen LogP contribution in [0.3, 0.4) is 0 Å². The lowest BCUT2D eigenvalue weighted by molar-refractivity contribution is -0.384. The van der Waals surface area contributed by atoms with Crippen LogP contribution in [0.1, 0.15) is 12.5 Å². The van der Waals surface area contributed by atoms with E-state index in [9.17, 15) is 14.9 Å². The first-order valence-corrected chi connectivity index (χ1v) is 6.40. The minimum atomic E-state index is -0.764. The van der Waals surface area contributed by atoms with Crippen molar-refractivity contribution in [3.63, 3.8) is 0 Å². The second kappa shape index (κ2) is 4.53. The van der Waals surface area contributed by atoms with E-state index in [4.69, 9.17) is 9.47 Å². The minimum absolute atomic E-state index is 0.0237. The molecule has 2 aliphatic rings. The lowest BCUT2D eigenvalue weighted by atomic mass is 9.90. The van der Waals surface area contributed by atoms with E-state index in [1.54, 1.807) is 24.3 Å². The van der Waals surface area contributed by atoms with Crippen LogP contribution in [0.25, 0.3) is 5.57 Å². The Labute approximate surface area is 120 Å². The molecule has 2 unspecified atom stereocenters. The minimum Gasteiger partial charge on any atom is -0.493 e. The van der Waals surface area contributed by atoms with Gasteiger partial charge < -0.3 is 9.47 Å². The van der Waals surface area contributed by atoms with Crippen molar-refractivity contribution in [1.82, 2.24) is 0 Å². The molecule has 108 valence electrons. The lowest BCUT2D eigenvalue weighted by Crippen LogP contribution is -2.36. The van der Waals surface area contributed by atoms with Crippen LogP contribution in [0.4, 0.5) is 5.69 Å². The van der Waals surface area contributed by atoms with Gasteiger partial charge in [-0.05, 0) is 42.3 Å². The molecule has 0 amide bonds. The maximum absolute atomic E-state index is 12.0. The van der Waals surface area contributed by atoms with Crippen molar-refractivity contribution in [2.24, 2.45) is 0 Å². The number of hydrogen-bond donors (Lipinski definition) is 0. The molecule has 2 aliphatic heterocycles. The van der Waals surface area contributed by atoms with Gasteiger partial charge in [0.05, 0.1) is 12.0 Å². The fourth-order valence-electron chi connectivity index (χ4n) is 2.69. The molecule has 0 saturated heterocycles. The van der Waals surface area contributed by atoms with E-state index in [0.29, 0.717) is 0 Å². The van der Waals surface area contributed by atoms with Gasteiger partial charge in [-0.2, -0.15) is 0 Å². The zero-order chi connectivity index (χ0) is 15.2. The van der Waals surface area contributed by atoms with Gasteiger partial charge in [-0.25, -0.2) is 0 Å². The number of nitro groups is 1. The first-order chi connectivity index (χ1) is 9.94. The molecule has 2 heterocycles. The number of benzene rings is 1. The highest BCUT2D eigenvalue weighted by Crippen LogP contribution is 2.43. The van der Waals surface area contributed by atoms with Crippen LogP contribution in [0.5, 0.6) is 0 Å². The third-order valence-electron chi connectivity index (χ3n) is 3.74. The molecule has 0 aromatic heterocycles. The summed E-state index contributed by atoms with van der Waals surface area (Å²) in [4.78, 5) is 22.3.